The second-order valence-corrected chi connectivity index (χ2v) is 6.46. The van der Waals surface area contributed by atoms with Crippen LogP contribution in [0.25, 0.3) is 0 Å². The maximum absolute atomic E-state index is 12.5. The lowest BCUT2D eigenvalue weighted by molar-refractivity contribution is -0.126. The monoisotopic (exact) mass is 342 g/mol. The van der Waals surface area contributed by atoms with Crippen LogP contribution in [0.2, 0.25) is 5.02 Å². The fraction of sp³-hybridized carbons (Fsp3) is 0.263. The summed E-state index contributed by atoms with van der Waals surface area (Å²) in [6.45, 7) is 0.446. The predicted octanol–water partition coefficient (Wildman–Crippen LogP) is 3.26. The Kier molecular flexibility index (Phi) is 4.86. The topological polar surface area (TPSA) is 49.4 Å². The average Bonchev–Trinajstić information content (AvgIpc) is 3.41. The van der Waals surface area contributed by atoms with Gasteiger partial charge in [0, 0.05) is 24.3 Å². The summed E-state index contributed by atoms with van der Waals surface area (Å²) in [6.07, 6.45) is 0.614. The Morgan fingerprint density at radius 1 is 1.08 bits per heavy atom. The molecular formula is C19H19ClN2O2. The maximum atomic E-state index is 12.5. The van der Waals surface area contributed by atoms with E-state index in [9.17, 15) is 9.59 Å². The molecule has 24 heavy (non-hydrogen) atoms. The van der Waals surface area contributed by atoms with Gasteiger partial charge in [0.15, 0.2) is 0 Å². The number of amides is 2. The van der Waals surface area contributed by atoms with Crippen molar-refractivity contribution in [3.05, 3.63) is 65.2 Å². The SMILES string of the molecule is CN(C(=O)C1CC1C(=O)NCc1ccc(Cl)cc1)c1ccccc1. The van der Waals surface area contributed by atoms with Crippen LogP contribution in [-0.4, -0.2) is 18.9 Å². The maximum Gasteiger partial charge on any atom is 0.230 e. The number of para-hydroxylation sites is 1. The van der Waals surface area contributed by atoms with Crippen molar-refractivity contribution in [3.63, 3.8) is 0 Å². The third-order valence-corrected chi connectivity index (χ3v) is 4.55. The number of carbonyl (C=O) groups is 2. The molecular weight excluding hydrogens is 324 g/mol. The molecule has 5 heteroatoms. The summed E-state index contributed by atoms with van der Waals surface area (Å²) in [4.78, 5) is 26.3. The molecule has 2 aromatic rings. The Bertz CT molecular complexity index is 731. The second kappa shape index (κ2) is 7.05. The van der Waals surface area contributed by atoms with E-state index in [1.807, 2.05) is 42.5 Å². The van der Waals surface area contributed by atoms with Gasteiger partial charge in [-0.2, -0.15) is 0 Å². The van der Waals surface area contributed by atoms with E-state index >= 15 is 0 Å². The van der Waals surface area contributed by atoms with Gasteiger partial charge in [-0.15, -0.1) is 0 Å². The predicted molar refractivity (Wildman–Crippen MR) is 94.7 cm³/mol. The van der Waals surface area contributed by atoms with Crippen LogP contribution < -0.4 is 10.2 Å². The highest BCUT2D eigenvalue weighted by Gasteiger charge is 2.49. The highest BCUT2D eigenvalue weighted by Crippen LogP contribution is 2.40. The lowest BCUT2D eigenvalue weighted by Crippen LogP contribution is -2.31. The second-order valence-electron chi connectivity index (χ2n) is 6.03. The lowest BCUT2D eigenvalue weighted by Gasteiger charge is -2.17. The van der Waals surface area contributed by atoms with E-state index in [0.717, 1.165) is 11.3 Å². The first-order valence-corrected chi connectivity index (χ1v) is 8.29. The first kappa shape index (κ1) is 16.5. The molecule has 3 rings (SSSR count). The highest BCUT2D eigenvalue weighted by molar-refractivity contribution is 6.30. The Labute approximate surface area is 146 Å². The van der Waals surface area contributed by atoms with Gasteiger partial charge in [0.2, 0.25) is 11.8 Å². The summed E-state index contributed by atoms with van der Waals surface area (Å²) in [5.74, 6) is -0.519. The molecule has 0 aromatic heterocycles. The number of nitrogens with zero attached hydrogens (tertiary/aromatic N) is 1. The molecule has 0 radical (unpaired) electrons. The summed E-state index contributed by atoms with van der Waals surface area (Å²) in [5.41, 5.74) is 1.83. The molecule has 1 fully saturated rings. The molecule has 0 saturated heterocycles. The summed E-state index contributed by atoms with van der Waals surface area (Å²) < 4.78 is 0. The summed E-state index contributed by atoms with van der Waals surface area (Å²) >= 11 is 5.84. The van der Waals surface area contributed by atoms with Crippen LogP contribution in [0.1, 0.15) is 12.0 Å². The Morgan fingerprint density at radius 2 is 1.75 bits per heavy atom. The van der Waals surface area contributed by atoms with Crippen molar-refractivity contribution in [2.75, 3.05) is 11.9 Å². The van der Waals surface area contributed by atoms with Gasteiger partial charge in [-0.25, -0.2) is 0 Å². The minimum absolute atomic E-state index is 0.00663. The molecule has 1 N–H and O–H groups in total. The van der Waals surface area contributed by atoms with Gasteiger partial charge >= 0.3 is 0 Å². The van der Waals surface area contributed by atoms with E-state index in [0.29, 0.717) is 18.0 Å². The van der Waals surface area contributed by atoms with Crippen molar-refractivity contribution in [1.82, 2.24) is 5.32 Å². The van der Waals surface area contributed by atoms with Gasteiger partial charge in [0.25, 0.3) is 0 Å². The molecule has 0 aliphatic heterocycles. The molecule has 2 aromatic carbocycles. The van der Waals surface area contributed by atoms with Crippen molar-refractivity contribution in [2.45, 2.75) is 13.0 Å². The third-order valence-electron chi connectivity index (χ3n) is 4.30. The van der Waals surface area contributed by atoms with Crippen LogP contribution in [0.5, 0.6) is 0 Å². The number of anilines is 1. The first-order chi connectivity index (χ1) is 11.6. The Hall–Kier alpha value is -2.33. The fourth-order valence-corrected chi connectivity index (χ4v) is 2.83. The van der Waals surface area contributed by atoms with Gasteiger partial charge in [-0.05, 0) is 36.2 Å². The fourth-order valence-electron chi connectivity index (χ4n) is 2.71. The first-order valence-electron chi connectivity index (χ1n) is 7.91. The Balaban J connectivity index is 1.51. The van der Waals surface area contributed by atoms with E-state index in [1.54, 1.807) is 24.1 Å². The van der Waals surface area contributed by atoms with Crippen LogP contribution in [0.4, 0.5) is 5.69 Å². The molecule has 1 saturated carbocycles. The number of benzene rings is 2. The van der Waals surface area contributed by atoms with Crippen molar-refractivity contribution in [1.29, 1.82) is 0 Å². The van der Waals surface area contributed by atoms with Crippen LogP contribution in [0, 0.1) is 11.8 Å². The molecule has 0 bridgehead atoms. The van der Waals surface area contributed by atoms with Gasteiger partial charge in [0.1, 0.15) is 0 Å². The Morgan fingerprint density at radius 3 is 2.42 bits per heavy atom. The van der Waals surface area contributed by atoms with E-state index in [-0.39, 0.29) is 23.7 Å². The average molecular weight is 343 g/mol. The number of rotatable bonds is 5. The quantitative estimate of drug-likeness (QED) is 0.906. The minimum atomic E-state index is -0.226. The molecule has 1 aliphatic carbocycles. The molecule has 1 aliphatic rings. The van der Waals surface area contributed by atoms with Crippen LogP contribution >= 0.6 is 11.6 Å². The number of hydrogen-bond acceptors (Lipinski definition) is 2. The zero-order valence-corrected chi connectivity index (χ0v) is 14.2. The van der Waals surface area contributed by atoms with Crippen molar-refractivity contribution < 1.29 is 9.59 Å². The number of carbonyl (C=O) groups excluding carboxylic acids is 2. The van der Waals surface area contributed by atoms with Crippen LogP contribution in [0.3, 0.4) is 0 Å². The lowest BCUT2D eigenvalue weighted by atomic mass is 10.2. The number of hydrogen-bond donors (Lipinski definition) is 1. The van der Waals surface area contributed by atoms with Crippen LogP contribution in [0.15, 0.2) is 54.6 Å². The van der Waals surface area contributed by atoms with Gasteiger partial charge in [-0.3, -0.25) is 9.59 Å². The van der Waals surface area contributed by atoms with E-state index in [1.165, 1.54) is 0 Å². The molecule has 2 atom stereocenters. The van der Waals surface area contributed by atoms with Crippen LogP contribution in [-0.2, 0) is 16.1 Å². The van der Waals surface area contributed by atoms with E-state index in [4.69, 9.17) is 11.6 Å². The summed E-state index contributed by atoms with van der Waals surface area (Å²) in [6, 6.07) is 16.8. The third kappa shape index (κ3) is 3.77. The van der Waals surface area contributed by atoms with Crippen molar-refractivity contribution >= 4 is 29.1 Å². The van der Waals surface area contributed by atoms with Crippen molar-refractivity contribution in [2.24, 2.45) is 11.8 Å². The normalized spacial score (nSPS) is 18.8. The van der Waals surface area contributed by atoms with E-state index in [2.05, 4.69) is 5.32 Å². The van der Waals surface area contributed by atoms with Gasteiger partial charge in [0.05, 0.1) is 11.8 Å². The number of nitrogens with one attached hydrogen (secondary N) is 1. The number of halogens is 1. The molecule has 0 heterocycles. The van der Waals surface area contributed by atoms with E-state index < -0.39 is 0 Å². The van der Waals surface area contributed by atoms with Crippen molar-refractivity contribution in [3.8, 4) is 0 Å². The molecule has 0 spiro atoms. The molecule has 2 unspecified atom stereocenters. The molecule has 2 amide bonds. The molecule has 4 nitrogen and oxygen atoms in total. The molecule has 124 valence electrons. The minimum Gasteiger partial charge on any atom is -0.352 e. The van der Waals surface area contributed by atoms with Gasteiger partial charge in [-0.1, -0.05) is 41.9 Å². The van der Waals surface area contributed by atoms with Gasteiger partial charge < -0.3 is 10.2 Å². The standard InChI is InChI=1S/C19H19ClN2O2/c1-22(15-5-3-2-4-6-15)19(24)17-11-16(17)18(23)21-12-13-7-9-14(20)10-8-13/h2-10,16-17H,11-12H2,1H3,(H,21,23). The highest BCUT2D eigenvalue weighted by atomic mass is 35.5. The zero-order chi connectivity index (χ0) is 17.1. The zero-order valence-electron chi connectivity index (χ0n) is 13.4. The largest absolute Gasteiger partial charge is 0.352 e. The summed E-state index contributed by atoms with van der Waals surface area (Å²) in [5, 5.41) is 3.56. The summed E-state index contributed by atoms with van der Waals surface area (Å²) in [7, 11) is 1.75. The smallest absolute Gasteiger partial charge is 0.230 e.